The van der Waals surface area contributed by atoms with Gasteiger partial charge in [-0.15, -0.1) is 0 Å². The molecule has 0 fully saturated rings. The molecule has 0 amide bonds. The lowest BCUT2D eigenvalue weighted by atomic mass is 10.3. The SMILES string of the molecule is Cc1nc(Cl)nc(Sc2nc3ccccc3[nH]2)c1N. The largest absolute Gasteiger partial charge is 0.395 e. The van der Waals surface area contributed by atoms with Gasteiger partial charge in [0.05, 0.1) is 22.4 Å². The third-order valence-corrected chi connectivity index (χ3v) is 3.70. The van der Waals surface area contributed by atoms with Gasteiger partial charge in [0.2, 0.25) is 5.28 Å². The summed E-state index contributed by atoms with van der Waals surface area (Å²) in [5, 5.41) is 1.52. The van der Waals surface area contributed by atoms with Crippen molar-refractivity contribution in [2.45, 2.75) is 17.1 Å². The molecule has 0 spiro atoms. The predicted molar refractivity (Wildman–Crippen MR) is 76.4 cm³/mol. The Balaban J connectivity index is 2.01. The van der Waals surface area contributed by atoms with Gasteiger partial charge in [-0.3, -0.25) is 0 Å². The summed E-state index contributed by atoms with van der Waals surface area (Å²) in [6.07, 6.45) is 0. The average Bonchev–Trinajstić information content (AvgIpc) is 2.77. The fourth-order valence-electron chi connectivity index (χ4n) is 1.67. The minimum Gasteiger partial charge on any atom is -0.395 e. The second-order valence-corrected chi connectivity index (χ2v) is 5.27. The van der Waals surface area contributed by atoms with Gasteiger partial charge in [0.25, 0.3) is 0 Å². The summed E-state index contributed by atoms with van der Waals surface area (Å²) in [6.45, 7) is 1.80. The third kappa shape index (κ3) is 2.36. The quantitative estimate of drug-likeness (QED) is 0.560. The second kappa shape index (κ2) is 4.71. The van der Waals surface area contributed by atoms with Gasteiger partial charge in [-0.25, -0.2) is 15.0 Å². The molecular formula is C12H10ClN5S. The van der Waals surface area contributed by atoms with E-state index < -0.39 is 0 Å². The molecule has 2 heterocycles. The molecule has 5 nitrogen and oxygen atoms in total. The lowest BCUT2D eigenvalue weighted by molar-refractivity contribution is 1.00. The zero-order valence-corrected chi connectivity index (χ0v) is 11.6. The van der Waals surface area contributed by atoms with Crippen LogP contribution >= 0.6 is 23.4 Å². The van der Waals surface area contributed by atoms with E-state index in [4.69, 9.17) is 17.3 Å². The molecule has 3 rings (SSSR count). The number of nitrogen functional groups attached to an aromatic ring is 1. The van der Waals surface area contributed by atoms with Gasteiger partial charge in [-0.1, -0.05) is 12.1 Å². The number of hydrogen-bond donors (Lipinski definition) is 2. The van der Waals surface area contributed by atoms with E-state index in [1.54, 1.807) is 6.92 Å². The highest BCUT2D eigenvalue weighted by atomic mass is 35.5. The fourth-order valence-corrected chi connectivity index (χ4v) is 2.81. The van der Waals surface area contributed by atoms with Crippen LogP contribution < -0.4 is 5.73 Å². The Bertz CT molecular complexity index is 722. The molecule has 0 aliphatic rings. The molecule has 3 aromatic rings. The van der Waals surface area contributed by atoms with Gasteiger partial charge in [-0.2, -0.15) is 0 Å². The molecule has 0 saturated heterocycles. The summed E-state index contributed by atoms with van der Waals surface area (Å²) < 4.78 is 0. The molecule has 0 radical (unpaired) electrons. The summed E-state index contributed by atoms with van der Waals surface area (Å²) in [7, 11) is 0. The molecule has 7 heteroatoms. The zero-order chi connectivity index (χ0) is 13.4. The Morgan fingerprint density at radius 3 is 2.79 bits per heavy atom. The van der Waals surface area contributed by atoms with Crippen LogP contribution in [0.4, 0.5) is 5.69 Å². The molecule has 0 saturated carbocycles. The van der Waals surface area contributed by atoms with Crippen LogP contribution in [0.5, 0.6) is 0 Å². The van der Waals surface area contributed by atoms with E-state index in [9.17, 15) is 0 Å². The van der Waals surface area contributed by atoms with Crippen molar-refractivity contribution in [3.8, 4) is 0 Å². The van der Waals surface area contributed by atoms with Crippen LogP contribution in [-0.2, 0) is 0 Å². The number of para-hydroxylation sites is 2. The van der Waals surface area contributed by atoms with Crippen molar-refractivity contribution >= 4 is 40.1 Å². The number of aromatic amines is 1. The standard InChI is InChI=1S/C12H10ClN5S/c1-6-9(14)10(18-11(13)15-6)19-12-16-7-4-2-3-5-8(7)17-12/h2-5H,14H2,1H3,(H,16,17). The van der Waals surface area contributed by atoms with Gasteiger partial charge >= 0.3 is 0 Å². The number of halogens is 1. The van der Waals surface area contributed by atoms with Gasteiger partial charge in [-0.05, 0) is 42.4 Å². The highest BCUT2D eigenvalue weighted by Crippen LogP contribution is 2.31. The first-order chi connectivity index (χ1) is 9.13. The van der Waals surface area contributed by atoms with Gasteiger partial charge in [0, 0.05) is 0 Å². The van der Waals surface area contributed by atoms with Crippen molar-refractivity contribution in [2.75, 3.05) is 5.73 Å². The first-order valence-corrected chi connectivity index (χ1v) is 6.75. The van der Waals surface area contributed by atoms with Crippen LogP contribution in [0.2, 0.25) is 5.28 Å². The Labute approximate surface area is 118 Å². The summed E-state index contributed by atoms with van der Waals surface area (Å²) >= 11 is 7.19. The topological polar surface area (TPSA) is 80.5 Å². The normalized spacial score (nSPS) is 11.1. The number of imidazole rings is 1. The minimum atomic E-state index is 0.185. The third-order valence-electron chi connectivity index (χ3n) is 2.63. The molecule has 0 atom stereocenters. The number of nitrogens with one attached hydrogen (secondary N) is 1. The highest BCUT2D eigenvalue weighted by molar-refractivity contribution is 7.99. The molecular weight excluding hydrogens is 282 g/mol. The molecule has 96 valence electrons. The Hall–Kier alpha value is -1.79. The van der Waals surface area contributed by atoms with E-state index in [-0.39, 0.29) is 5.28 Å². The van der Waals surface area contributed by atoms with E-state index in [2.05, 4.69) is 19.9 Å². The molecule has 0 aliphatic heterocycles. The lowest BCUT2D eigenvalue weighted by Crippen LogP contribution is -1.99. The zero-order valence-electron chi connectivity index (χ0n) is 10.0. The van der Waals surface area contributed by atoms with E-state index in [1.165, 1.54) is 11.8 Å². The van der Waals surface area contributed by atoms with Crippen LogP contribution in [0.15, 0.2) is 34.4 Å². The van der Waals surface area contributed by atoms with E-state index in [1.807, 2.05) is 24.3 Å². The fraction of sp³-hybridized carbons (Fsp3) is 0.0833. The monoisotopic (exact) mass is 291 g/mol. The summed E-state index contributed by atoms with van der Waals surface area (Å²) in [4.78, 5) is 15.8. The van der Waals surface area contributed by atoms with E-state index >= 15 is 0 Å². The first-order valence-electron chi connectivity index (χ1n) is 5.55. The maximum absolute atomic E-state index is 5.95. The summed E-state index contributed by atoms with van der Waals surface area (Å²) in [5.41, 5.74) is 9.01. The number of nitrogens with two attached hydrogens (primary N) is 1. The molecule has 19 heavy (non-hydrogen) atoms. The molecule has 3 N–H and O–H groups in total. The Morgan fingerprint density at radius 2 is 2.00 bits per heavy atom. The van der Waals surface area contributed by atoms with Gasteiger partial charge in [0.1, 0.15) is 5.03 Å². The molecule has 0 unspecified atom stereocenters. The van der Waals surface area contributed by atoms with Crippen LogP contribution in [-0.4, -0.2) is 19.9 Å². The van der Waals surface area contributed by atoms with Crippen molar-refractivity contribution in [3.05, 3.63) is 35.2 Å². The second-order valence-electron chi connectivity index (χ2n) is 3.96. The average molecular weight is 292 g/mol. The van der Waals surface area contributed by atoms with Crippen molar-refractivity contribution in [1.29, 1.82) is 0 Å². The maximum Gasteiger partial charge on any atom is 0.223 e. The molecule has 1 aromatic carbocycles. The smallest absolute Gasteiger partial charge is 0.223 e. The molecule has 0 aliphatic carbocycles. The van der Waals surface area contributed by atoms with Crippen molar-refractivity contribution < 1.29 is 0 Å². The van der Waals surface area contributed by atoms with Gasteiger partial charge < -0.3 is 10.7 Å². The number of rotatable bonds is 2. The minimum absolute atomic E-state index is 0.185. The number of hydrogen-bond acceptors (Lipinski definition) is 5. The number of aromatic nitrogens is 4. The summed E-state index contributed by atoms with van der Waals surface area (Å²) in [6, 6.07) is 7.80. The van der Waals surface area contributed by atoms with Crippen LogP contribution in [0.1, 0.15) is 5.69 Å². The first kappa shape index (κ1) is 12.3. The maximum atomic E-state index is 5.95. The van der Waals surface area contributed by atoms with E-state index in [0.29, 0.717) is 16.4 Å². The number of benzene rings is 1. The Morgan fingerprint density at radius 1 is 1.21 bits per heavy atom. The molecule has 2 aromatic heterocycles. The van der Waals surface area contributed by atoms with E-state index in [0.717, 1.165) is 16.2 Å². The highest BCUT2D eigenvalue weighted by Gasteiger charge is 2.12. The van der Waals surface area contributed by atoms with Gasteiger partial charge in [0.15, 0.2) is 5.16 Å². The van der Waals surface area contributed by atoms with Crippen molar-refractivity contribution in [2.24, 2.45) is 0 Å². The number of fused-ring (bicyclic) bond motifs is 1. The predicted octanol–water partition coefficient (Wildman–Crippen LogP) is 3.05. The lowest BCUT2D eigenvalue weighted by Gasteiger charge is -2.04. The van der Waals surface area contributed by atoms with Crippen LogP contribution in [0.25, 0.3) is 11.0 Å². The van der Waals surface area contributed by atoms with Crippen molar-refractivity contribution in [1.82, 2.24) is 19.9 Å². The molecule has 0 bridgehead atoms. The van der Waals surface area contributed by atoms with Crippen molar-refractivity contribution in [3.63, 3.8) is 0 Å². The number of aryl methyl sites for hydroxylation is 1. The Kier molecular flexibility index (Phi) is 3.04. The number of anilines is 1. The summed E-state index contributed by atoms with van der Waals surface area (Å²) in [5.74, 6) is 0. The number of nitrogens with zero attached hydrogens (tertiary/aromatic N) is 3. The van der Waals surface area contributed by atoms with Crippen LogP contribution in [0.3, 0.4) is 0 Å². The van der Waals surface area contributed by atoms with Crippen LogP contribution in [0, 0.1) is 6.92 Å². The number of H-pyrrole nitrogens is 1.